The van der Waals surface area contributed by atoms with E-state index in [0.717, 1.165) is 28.1 Å². The third-order valence-electron chi connectivity index (χ3n) is 6.26. The van der Waals surface area contributed by atoms with Crippen molar-refractivity contribution in [1.82, 2.24) is 14.5 Å². The van der Waals surface area contributed by atoms with Crippen LogP contribution in [0.25, 0.3) is 0 Å². The predicted octanol–water partition coefficient (Wildman–Crippen LogP) is 3.75. The highest BCUT2D eigenvalue weighted by Crippen LogP contribution is 2.21. The van der Waals surface area contributed by atoms with Gasteiger partial charge in [0.25, 0.3) is 5.91 Å². The van der Waals surface area contributed by atoms with Crippen molar-refractivity contribution in [1.29, 1.82) is 0 Å². The Hall–Kier alpha value is -3.25. The van der Waals surface area contributed by atoms with Crippen molar-refractivity contribution in [2.45, 2.75) is 52.9 Å². The Morgan fingerprint density at radius 1 is 1.06 bits per heavy atom. The van der Waals surface area contributed by atoms with E-state index in [1.807, 2.05) is 45.0 Å². The molecule has 2 atom stereocenters. The quantitative estimate of drug-likeness (QED) is 0.600. The SMILES string of the molecule is Cc1ccccc1Cc1c(C(=O)N2C[C@@H](C)O[C@@H](C)C2)c(=O)cc(C)n1Cc1ccncc1. The second-order valence-corrected chi connectivity index (χ2v) is 8.98. The number of amides is 1. The number of hydrogen-bond acceptors (Lipinski definition) is 4. The summed E-state index contributed by atoms with van der Waals surface area (Å²) in [5, 5.41) is 0. The second kappa shape index (κ2) is 9.71. The Morgan fingerprint density at radius 2 is 1.73 bits per heavy atom. The fourth-order valence-electron chi connectivity index (χ4n) is 4.62. The topological polar surface area (TPSA) is 64.4 Å². The molecule has 0 spiro atoms. The number of nitrogens with zero attached hydrogens (tertiary/aromatic N) is 3. The summed E-state index contributed by atoms with van der Waals surface area (Å²) in [7, 11) is 0. The minimum atomic E-state index is -0.223. The van der Waals surface area contributed by atoms with Crippen LogP contribution in [0.2, 0.25) is 0 Å². The first kappa shape index (κ1) is 22.9. The molecule has 4 rings (SSSR count). The minimum Gasteiger partial charge on any atom is -0.372 e. The van der Waals surface area contributed by atoms with Gasteiger partial charge in [0.2, 0.25) is 0 Å². The molecule has 0 radical (unpaired) electrons. The molecule has 3 aromatic rings. The highest BCUT2D eigenvalue weighted by atomic mass is 16.5. The maximum absolute atomic E-state index is 13.8. The molecule has 1 aliphatic heterocycles. The molecule has 2 aromatic heterocycles. The van der Waals surface area contributed by atoms with Crippen LogP contribution in [0, 0.1) is 13.8 Å². The number of pyridine rings is 2. The maximum atomic E-state index is 13.8. The number of benzene rings is 1. The molecule has 0 N–H and O–H groups in total. The first-order valence-corrected chi connectivity index (χ1v) is 11.4. The van der Waals surface area contributed by atoms with Gasteiger partial charge in [-0.15, -0.1) is 0 Å². The zero-order valence-electron chi connectivity index (χ0n) is 19.7. The fourth-order valence-corrected chi connectivity index (χ4v) is 4.62. The molecule has 1 aliphatic rings. The summed E-state index contributed by atoms with van der Waals surface area (Å²) in [6.07, 6.45) is 3.89. The average Bonchev–Trinajstić information content (AvgIpc) is 2.77. The normalized spacial score (nSPS) is 18.4. The first-order valence-electron chi connectivity index (χ1n) is 11.4. The molecule has 33 heavy (non-hydrogen) atoms. The molecular weight excluding hydrogens is 414 g/mol. The van der Waals surface area contributed by atoms with Crippen LogP contribution in [0.5, 0.6) is 0 Å². The summed E-state index contributed by atoms with van der Waals surface area (Å²) < 4.78 is 7.91. The van der Waals surface area contributed by atoms with Gasteiger partial charge in [-0.05, 0) is 56.5 Å². The van der Waals surface area contributed by atoms with E-state index in [4.69, 9.17) is 4.74 Å². The summed E-state index contributed by atoms with van der Waals surface area (Å²) in [6, 6.07) is 13.6. The van der Waals surface area contributed by atoms with E-state index in [-0.39, 0.29) is 29.1 Å². The average molecular weight is 446 g/mol. The van der Waals surface area contributed by atoms with Crippen LogP contribution in [-0.2, 0) is 17.7 Å². The van der Waals surface area contributed by atoms with Crippen LogP contribution in [0.4, 0.5) is 0 Å². The van der Waals surface area contributed by atoms with Crippen LogP contribution in [0.3, 0.4) is 0 Å². The number of aryl methyl sites for hydroxylation is 2. The number of ether oxygens (including phenoxy) is 1. The lowest BCUT2D eigenvalue weighted by Crippen LogP contribution is -2.49. The van der Waals surface area contributed by atoms with Gasteiger partial charge >= 0.3 is 0 Å². The number of aromatic nitrogens is 2. The van der Waals surface area contributed by atoms with Crippen molar-refractivity contribution in [3.63, 3.8) is 0 Å². The molecule has 1 amide bonds. The third-order valence-corrected chi connectivity index (χ3v) is 6.26. The predicted molar refractivity (Wildman–Crippen MR) is 129 cm³/mol. The third kappa shape index (κ3) is 5.06. The zero-order chi connectivity index (χ0) is 23.5. The monoisotopic (exact) mass is 445 g/mol. The van der Waals surface area contributed by atoms with Crippen LogP contribution in [-0.4, -0.2) is 45.7 Å². The minimum absolute atomic E-state index is 0.0676. The van der Waals surface area contributed by atoms with Crippen molar-refractivity contribution in [3.8, 4) is 0 Å². The smallest absolute Gasteiger partial charge is 0.259 e. The number of rotatable bonds is 5. The van der Waals surface area contributed by atoms with Crippen LogP contribution >= 0.6 is 0 Å². The molecule has 0 unspecified atom stereocenters. The Bertz CT molecular complexity index is 1190. The summed E-state index contributed by atoms with van der Waals surface area (Å²) in [4.78, 5) is 32.9. The van der Waals surface area contributed by atoms with Gasteiger partial charge in [0.1, 0.15) is 5.56 Å². The standard InChI is InChI=1S/C27H31N3O3/c1-18-7-5-6-8-23(18)14-24-26(27(32)29-15-20(3)33-21(4)16-29)25(31)13-19(2)30(24)17-22-9-11-28-12-10-22/h5-13,20-21H,14-17H2,1-4H3/t20-,21+. The Morgan fingerprint density at radius 3 is 2.39 bits per heavy atom. The molecule has 1 aromatic carbocycles. The van der Waals surface area contributed by atoms with E-state index in [1.165, 1.54) is 0 Å². The van der Waals surface area contributed by atoms with Gasteiger partial charge in [-0.25, -0.2) is 0 Å². The highest BCUT2D eigenvalue weighted by Gasteiger charge is 2.30. The summed E-state index contributed by atoms with van der Waals surface area (Å²) in [6.45, 7) is 9.42. The number of carbonyl (C=O) groups excluding carboxylic acids is 1. The number of hydrogen-bond donors (Lipinski definition) is 0. The Kier molecular flexibility index (Phi) is 6.75. The van der Waals surface area contributed by atoms with E-state index < -0.39 is 0 Å². The van der Waals surface area contributed by atoms with E-state index in [0.29, 0.717) is 26.1 Å². The summed E-state index contributed by atoms with van der Waals surface area (Å²) >= 11 is 0. The zero-order valence-corrected chi connectivity index (χ0v) is 19.7. The largest absolute Gasteiger partial charge is 0.372 e. The molecule has 1 fully saturated rings. The fraction of sp³-hybridized carbons (Fsp3) is 0.370. The first-order chi connectivity index (χ1) is 15.8. The molecule has 172 valence electrons. The molecular formula is C27H31N3O3. The molecule has 1 saturated heterocycles. The van der Waals surface area contributed by atoms with Gasteiger partial charge < -0.3 is 14.2 Å². The lowest BCUT2D eigenvalue weighted by Gasteiger charge is -2.35. The maximum Gasteiger partial charge on any atom is 0.259 e. The van der Waals surface area contributed by atoms with Gasteiger partial charge in [-0.1, -0.05) is 24.3 Å². The molecule has 0 saturated carbocycles. The van der Waals surface area contributed by atoms with Gasteiger partial charge in [0.05, 0.1) is 12.2 Å². The molecule has 6 heteroatoms. The van der Waals surface area contributed by atoms with Gasteiger partial charge in [0.15, 0.2) is 5.43 Å². The lowest BCUT2D eigenvalue weighted by molar-refractivity contribution is -0.0586. The van der Waals surface area contributed by atoms with Crippen molar-refractivity contribution >= 4 is 5.91 Å². The van der Waals surface area contributed by atoms with Gasteiger partial charge in [-0.2, -0.15) is 0 Å². The lowest BCUT2D eigenvalue weighted by atomic mass is 9.98. The Balaban J connectivity index is 1.85. The van der Waals surface area contributed by atoms with E-state index in [1.54, 1.807) is 23.4 Å². The van der Waals surface area contributed by atoms with Crippen molar-refractivity contribution in [3.05, 3.63) is 98.7 Å². The summed E-state index contributed by atoms with van der Waals surface area (Å²) in [5.74, 6) is -0.214. The highest BCUT2D eigenvalue weighted by molar-refractivity contribution is 5.95. The van der Waals surface area contributed by atoms with Crippen LogP contribution < -0.4 is 5.43 Å². The molecule has 0 aliphatic carbocycles. The van der Waals surface area contributed by atoms with E-state index >= 15 is 0 Å². The number of morpholine rings is 1. The van der Waals surface area contributed by atoms with Gasteiger partial charge in [0, 0.05) is 55.9 Å². The van der Waals surface area contributed by atoms with Gasteiger partial charge in [-0.3, -0.25) is 14.6 Å². The van der Waals surface area contributed by atoms with E-state index in [2.05, 4.69) is 28.6 Å². The molecule has 3 heterocycles. The second-order valence-electron chi connectivity index (χ2n) is 8.98. The molecule has 0 bridgehead atoms. The van der Waals surface area contributed by atoms with Crippen molar-refractivity contribution in [2.75, 3.05) is 13.1 Å². The van der Waals surface area contributed by atoms with Crippen LogP contribution in [0.15, 0.2) is 59.7 Å². The summed E-state index contributed by atoms with van der Waals surface area (Å²) in [5.41, 5.74) is 4.93. The molecule has 6 nitrogen and oxygen atoms in total. The van der Waals surface area contributed by atoms with Crippen LogP contribution in [0.1, 0.15) is 52.3 Å². The van der Waals surface area contributed by atoms with Crippen molar-refractivity contribution < 1.29 is 9.53 Å². The Labute approximate surface area is 194 Å². The number of carbonyl (C=O) groups is 1. The van der Waals surface area contributed by atoms with E-state index in [9.17, 15) is 9.59 Å². The van der Waals surface area contributed by atoms with Crippen molar-refractivity contribution in [2.24, 2.45) is 0 Å².